The Morgan fingerprint density at radius 3 is 2.25 bits per heavy atom. The Kier molecular flexibility index (Phi) is 6.28. The Balaban J connectivity index is 1.73. The average molecular weight is 421 g/mol. The first kappa shape index (κ1) is 20.6. The van der Waals surface area contributed by atoms with E-state index in [0.717, 1.165) is 12.8 Å². The third kappa shape index (κ3) is 4.32. The maximum Gasteiger partial charge on any atom is 0.219 e. The van der Waals surface area contributed by atoms with Crippen molar-refractivity contribution in [3.8, 4) is 5.75 Å². The van der Waals surface area contributed by atoms with Crippen molar-refractivity contribution in [2.75, 3.05) is 13.1 Å². The van der Waals surface area contributed by atoms with Gasteiger partial charge in [0.1, 0.15) is 23.7 Å². The second-order valence-electron chi connectivity index (χ2n) is 6.96. The highest BCUT2D eigenvalue weighted by molar-refractivity contribution is 6.42. The second-order valence-corrected chi connectivity index (χ2v) is 7.78. The monoisotopic (exact) mass is 420 g/mol. The molecular weight excluding hydrogens is 399 g/mol. The Labute approximate surface area is 174 Å². The molecule has 1 amide bonds. The van der Waals surface area contributed by atoms with Crippen LogP contribution >= 0.6 is 23.2 Å². The highest BCUT2D eigenvalue weighted by Crippen LogP contribution is 2.32. The molecule has 7 heteroatoms. The van der Waals surface area contributed by atoms with Crippen molar-refractivity contribution >= 4 is 35.4 Å². The van der Waals surface area contributed by atoms with E-state index in [4.69, 9.17) is 33.7 Å². The first-order valence-electron chi connectivity index (χ1n) is 9.07. The van der Waals surface area contributed by atoms with Crippen LogP contribution in [0.15, 0.2) is 42.5 Å². The average Bonchev–Trinajstić information content (AvgIpc) is 2.70. The van der Waals surface area contributed by atoms with Crippen LogP contribution < -0.4 is 10.5 Å². The summed E-state index contributed by atoms with van der Waals surface area (Å²) in [5.74, 6) is 0.797. The van der Waals surface area contributed by atoms with Gasteiger partial charge in [-0.15, -0.1) is 0 Å². The predicted octanol–water partition coefficient (Wildman–Crippen LogP) is 3.78. The number of hydrogen-bond donors (Lipinski definition) is 1. The Bertz CT molecular complexity index is 864. The summed E-state index contributed by atoms with van der Waals surface area (Å²) in [6, 6.07) is 12.1. The molecule has 2 aromatic carbocycles. The lowest BCUT2D eigenvalue weighted by Crippen LogP contribution is -2.40. The number of piperidine rings is 1. The van der Waals surface area contributed by atoms with Gasteiger partial charge in [-0.05, 0) is 35.4 Å². The molecule has 0 saturated carbocycles. The van der Waals surface area contributed by atoms with E-state index in [-0.39, 0.29) is 12.0 Å². The van der Waals surface area contributed by atoms with Crippen LogP contribution in [0.4, 0.5) is 0 Å². The Morgan fingerprint density at radius 2 is 1.71 bits per heavy atom. The maximum absolute atomic E-state index is 11.8. The molecule has 1 aliphatic rings. The number of hydrogen-bond acceptors (Lipinski definition) is 4. The van der Waals surface area contributed by atoms with Crippen molar-refractivity contribution < 1.29 is 14.3 Å². The molecule has 5 nitrogen and oxygen atoms in total. The van der Waals surface area contributed by atoms with E-state index in [1.807, 2.05) is 4.90 Å². The molecule has 2 N–H and O–H groups in total. The van der Waals surface area contributed by atoms with E-state index in [1.54, 1.807) is 49.4 Å². The lowest BCUT2D eigenvalue weighted by Gasteiger charge is -2.31. The second kappa shape index (κ2) is 8.52. The minimum atomic E-state index is -1.33. The number of carbonyl (C=O) groups is 2. The van der Waals surface area contributed by atoms with Gasteiger partial charge in [0.2, 0.25) is 5.91 Å². The van der Waals surface area contributed by atoms with E-state index in [2.05, 4.69) is 0 Å². The van der Waals surface area contributed by atoms with Gasteiger partial charge in [0, 0.05) is 32.9 Å². The first-order valence-corrected chi connectivity index (χ1v) is 9.82. The third-order valence-corrected chi connectivity index (χ3v) is 5.84. The standard InChI is InChI=1S/C21H22Cl2N2O3/c1-14(27)25-10-8-18(9-11-25)28-17-5-2-15(3-6-17)21(24,13-26)16-4-7-19(22)20(23)12-16/h2-7,12-13,18H,8-11,24H2,1H3. The fourth-order valence-corrected chi connectivity index (χ4v) is 3.64. The van der Waals surface area contributed by atoms with E-state index in [0.29, 0.717) is 46.3 Å². The van der Waals surface area contributed by atoms with Gasteiger partial charge in [0.25, 0.3) is 0 Å². The minimum absolute atomic E-state index is 0.0604. The van der Waals surface area contributed by atoms with Crippen LogP contribution in [0.25, 0.3) is 0 Å². The number of nitrogens with two attached hydrogens (primary N) is 1. The number of benzene rings is 2. The van der Waals surface area contributed by atoms with Gasteiger partial charge < -0.3 is 20.2 Å². The number of ether oxygens (including phenoxy) is 1. The summed E-state index contributed by atoms with van der Waals surface area (Å²) < 4.78 is 6.02. The fourth-order valence-electron chi connectivity index (χ4n) is 3.35. The van der Waals surface area contributed by atoms with Gasteiger partial charge in [-0.25, -0.2) is 0 Å². The maximum atomic E-state index is 11.8. The molecule has 1 aliphatic heterocycles. The molecule has 0 aliphatic carbocycles. The molecule has 1 heterocycles. The van der Waals surface area contributed by atoms with Crippen LogP contribution in [-0.2, 0) is 15.1 Å². The zero-order chi connectivity index (χ0) is 20.3. The van der Waals surface area contributed by atoms with Crippen LogP contribution in [0.2, 0.25) is 10.0 Å². The smallest absolute Gasteiger partial charge is 0.219 e. The molecule has 1 saturated heterocycles. The van der Waals surface area contributed by atoms with Crippen LogP contribution in [0.5, 0.6) is 5.75 Å². The van der Waals surface area contributed by atoms with E-state index < -0.39 is 5.54 Å². The minimum Gasteiger partial charge on any atom is -0.490 e. The molecule has 28 heavy (non-hydrogen) atoms. The van der Waals surface area contributed by atoms with Crippen LogP contribution in [-0.4, -0.2) is 36.3 Å². The van der Waals surface area contributed by atoms with Crippen LogP contribution in [0.1, 0.15) is 30.9 Å². The van der Waals surface area contributed by atoms with E-state index in [9.17, 15) is 9.59 Å². The molecule has 0 radical (unpaired) electrons. The van der Waals surface area contributed by atoms with Crippen molar-refractivity contribution in [3.05, 3.63) is 63.6 Å². The summed E-state index contributed by atoms with van der Waals surface area (Å²) in [5.41, 5.74) is 6.24. The summed E-state index contributed by atoms with van der Waals surface area (Å²) in [4.78, 5) is 25.1. The fraction of sp³-hybridized carbons (Fsp3) is 0.333. The highest BCUT2D eigenvalue weighted by Gasteiger charge is 2.30. The summed E-state index contributed by atoms with van der Waals surface area (Å²) in [7, 11) is 0. The highest BCUT2D eigenvalue weighted by atomic mass is 35.5. The number of carbonyl (C=O) groups excluding carboxylic acids is 2. The third-order valence-electron chi connectivity index (χ3n) is 5.11. The number of nitrogens with zero attached hydrogens (tertiary/aromatic N) is 1. The lowest BCUT2D eigenvalue weighted by molar-refractivity contribution is -0.130. The summed E-state index contributed by atoms with van der Waals surface area (Å²) >= 11 is 12.0. The van der Waals surface area contributed by atoms with E-state index in [1.165, 1.54) is 0 Å². The predicted molar refractivity (Wildman–Crippen MR) is 110 cm³/mol. The largest absolute Gasteiger partial charge is 0.490 e. The molecule has 0 aromatic heterocycles. The molecule has 148 valence electrons. The summed E-state index contributed by atoms with van der Waals surface area (Å²) in [6.07, 6.45) is 2.34. The normalized spacial score (nSPS) is 17.1. The van der Waals surface area contributed by atoms with Crippen molar-refractivity contribution in [1.29, 1.82) is 0 Å². The number of aldehydes is 1. The molecule has 0 spiro atoms. The van der Waals surface area contributed by atoms with Gasteiger partial charge in [0.15, 0.2) is 0 Å². The molecule has 1 fully saturated rings. The number of halogens is 2. The van der Waals surface area contributed by atoms with Crippen molar-refractivity contribution in [3.63, 3.8) is 0 Å². The van der Waals surface area contributed by atoms with Crippen LogP contribution in [0.3, 0.4) is 0 Å². The molecule has 1 unspecified atom stereocenters. The van der Waals surface area contributed by atoms with Gasteiger partial charge in [0.05, 0.1) is 10.0 Å². The van der Waals surface area contributed by atoms with Crippen molar-refractivity contribution in [2.24, 2.45) is 5.73 Å². The first-order chi connectivity index (χ1) is 13.3. The van der Waals surface area contributed by atoms with Gasteiger partial charge >= 0.3 is 0 Å². The Hall–Kier alpha value is -2.08. The summed E-state index contributed by atoms with van der Waals surface area (Å²) in [5, 5.41) is 0.742. The lowest BCUT2D eigenvalue weighted by atomic mass is 9.85. The zero-order valence-corrected chi connectivity index (χ0v) is 17.0. The molecule has 2 aromatic rings. The van der Waals surface area contributed by atoms with Gasteiger partial charge in [-0.2, -0.15) is 0 Å². The molecule has 1 atom stereocenters. The van der Waals surface area contributed by atoms with Gasteiger partial charge in [-0.3, -0.25) is 4.79 Å². The van der Waals surface area contributed by atoms with Crippen LogP contribution in [0, 0.1) is 0 Å². The molecule has 3 rings (SSSR count). The topological polar surface area (TPSA) is 72.6 Å². The molecule has 0 bridgehead atoms. The molecular formula is C21H22Cl2N2O3. The number of rotatable bonds is 5. The van der Waals surface area contributed by atoms with E-state index >= 15 is 0 Å². The van der Waals surface area contributed by atoms with Crippen molar-refractivity contribution in [1.82, 2.24) is 4.90 Å². The quantitative estimate of drug-likeness (QED) is 0.746. The number of likely N-dealkylation sites (tertiary alicyclic amines) is 1. The Morgan fingerprint density at radius 1 is 1.11 bits per heavy atom. The number of amides is 1. The zero-order valence-electron chi connectivity index (χ0n) is 15.5. The van der Waals surface area contributed by atoms with Crippen molar-refractivity contribution in [2.45, 2.75) is 31.4 Å². The summed E-state index contributed by atoms with van der Waals surface area (Å²) in [6.45, 7) is 2.98. The SMILES string of the molecule is CC(=O)N1CCC(Oc2ccc(C(N)(C=O)c3ccc(Cl)c(Cl)c3)cc2)CC1. The van der Waals surface area contributed by atoms with Gasteiger partial charge in [-0.1, -0.05) is 41.4 Å².